The van der Waals surface area contributed by atoms with Gasteiger partial charge in [-0.15, -0.1) is 0 Å². The number of hydrogen-bond donors (Lipinski definition) is 0. The zero-order valence-corrected chi connectivity index (χ0v) is 17.0. The van der Waals surface area contributed by atoms with Crippen molar-refractivity contribution in [2.24, 2.45) is 0 Å². The molecule has 0 bridgehead atoms. The molecule has 1 amide bonds. The van der Waals surface area contributed by atoms with E-state index in [1.165, 1.54) is 12.1 Å². The Kier molecular flexibility index (Phi) is 4.66. The highest BCUT2D eigenvalue weighted by molar-refractivity contribution is 5.79. The first-order valence-corrected chi connectivity index (χ1v) is 10.3. The topological polar surface area (TPSA) is 47.4 Å². The van der Waals surface area contributed by atoms with E-state index >= 15 is 0 Å². The number of ether oxygens (including phenoxy) is 1. The van der Waals surface area contributed by atoms with Crippen molar-refractivity contribution >= 4 is 5.91 Å². The molecule has 1 atom stereocenters. The molecule has 1 aromatic heterocycles. The van der Waals surface area contributed by atoms with Crippen LogP contribution in [0.2, 0.25) is 0 Å². The average Bonchev–Trinajstić information content (AvgIpc) is 3.34. The lowest BCUT2D eigenvalue weighted by molar-refractivity contribution is -0.132. The van der Waals surface area contributed by atoms with Crippen LogP contribution in [0.5, 0.6) is 0 Å². The number of nitrogens with zero attached hydrogens (tertiary/aromatic N) is 3. The first-order chi connectivity index (χ1) is 14.5. The highest BCUT2D eigenvalue weighted by Gasteiger charge is 2.44. The second-order valence-electron chi connectivity index (χ2n) is 8.30. The zero-order chi connectivity index (χ0) is 20.7. The lowest BCUT2D eigenvalue weighted by atomic mass is 10.0. The minimum atomic E-state index is -0.419. The van der Waals surface area contributed by atoms with E-state index < -0.39 is 5.60 Å². The van der Waals surface area contributed by atoms with E-state index in [-0.39, 0.29) is 11.7 Å². The fraction of sp³-hybridized carbons (Fsp3) is 0.333. The molecule has 0 saturated carbocycles. The quantitative estimate of drug-likeness (QED) is 0.667. The molecule has 5 nitrogen and oxygen atoms in total. The molecule has 154 valence electrons. The largest absolute Gasteiger partial charge is 0.363 e. The Morgan fingerprint density at radius 2 is 2.07 bits per heavy atom. The van der Waals surface area contributed by atoms with Crippen molar-refractivity contribution < 1.29 is 13.9 Å². The maximum absolute atomic E-state index is 13.7. The fourth-order valence-corrected chi connectivity index (χ4v) is 4.52. The van der Waals surface area contributed by atoms with Crippen molar-refractivity contribution in [1.82, 2.24) is 14.5 Å². The Bertz CT molecular complexity index is 1110. The molecule has 3 aromatic rings. The summed E-state index contributed by atoms with van der Waals surface area (Å²) in [6, 6.07) is 14.6. The van der Waals surface area contributed by atoms with Gasteiger partial charge in [0.1, 0.15) is 23.8 Å². The van der Waals surface area contributed by atoms with Crippen molar-refractivity contribution in [1.29, 1.82) is 0 Å². The number of carbonyl (C=O) groups excluding carboxylic acids is 1. The normalized spacial score (nSPS) is 20.5. The summed E-state index contributed by atoms with van der Waals surface area (Å²) in [6.45, 7) is 4.30. The number of fused-ring (bicyclic) bond motifs is 1. The van der Waals surface area contributed by atoms with E-state index in [0.717, 1.165) is 34.6 Å². The van der Waals surface area contributed by atoms with Crippen LogP contribution in [0.15, 0.2) is 54.7 Å². The predicted octanol–water partition coefficient (Wildman–Crippen LogP) is 3.74. The molecule has 2 aliphatic heterocycles. The van der Waals surface area contributed by atoms with Crippen LogP contribution < -0.4 is 0 Å². The second-order valence-corrected chi connectivity index (χ2v) is 8.30. The molecular weight excluding hydrogens is 381 g/mol. The molecule has 0 radical (unpaired) electrons. The molecule has 0 aliphatic carbocycles. The fourth-order valence-electron chi connectivity index (χ4n) is 4.52. The smallest absolute Gasteiger partial charge is 0.227 e. The first-order valence-electron chi connectivity index (χ1n) is 10.3. The predicted molar refractivity (Wildman–Crippen MR) is 111 cm³/mol. The number of carbonyl (C=O) groups is 1. The first kappa shape index (κ1) is 19.0. The van der Waals surface area contributed by atoms with Gasteiger partial charge in [-0.1, -0.05) is 36.4 Å². The molecule has 1 unspecified atom stereocenters. The van der Waals surface area contributed by atoms with Gasteiger partial charge in [-0.2, -0.15) is 0 Å². The van der Waals surface area contributed by atoms with Crippen LogP contribution in [0.3, 0.4) is 0 Å². The summed E-state index contributed by atoms with van der Waals surface area (Å²) in [5.74, 6) is 0.704. The molecule has 1 saturated heterocycles. The van der Waals surface area contributed by atoms with Gasteiger partial charge in [0.25, 0.3) is 0 Å². The SMILES string of the molecule is Cc1ccccc1CC(=O)N1CCC2(C1)Cn1c(-c3cccc(F)c3)cnc1CO2. The molecule has 3 heterocycles. The van der Waals surface area contributed by atoms with E-state index in [4.69, 9.17) is 4.74 Å². The van der Waals surface area contributed by atoms with Crippen molar-refractivity contribution in [3.05, 3.63) is 77.5 Å². The summed E-state index contributed by atoms with van der Waals surface area (Å²) in [7, 11) is 0. The third-order valence-electron chi connectivity index (χ3n) is 6.28. The van der Waals surface area contributed by atoms with Gasteiger partial charge in [0, 0.05) is 12.1 Å². The van der Waals surface area contributed by atoms with Gasteiger partial charge in [-0.25, -0.2) is 9.37 Å². The summed E-state index contributed by atoms with van der Waals surface area (Å²) in [5.41, 5.74) is 3.47. The van der Waals surface area contributed by atoms with E-state index in [0.29, 0.717) is 32.7 Å². The van der Waals surface area contributed by atoms with Crippen LogP contribution in [0, 0.1) is 12.7 Å². The number of hydrogen-bond acceptors (Lipinski definition) is 3. The number of imidazole rings is 1. The number of amides is 1. The minimum Gasteiger partial charge on any atom is -0.363 e. The van der Waals surface area contributed by atoms with Crippen molar-refractivity contribution in [2.45, 2.75) is 38.5 Å². The Labute approximate surface area is 175 Å². The maximum Gasteiger partial charge on any atom is 0.227 e. The van der Waals surface area contributed by atoms with E-state index in [1.54, 1.807) is 12.3 Å². The monoisotopic (exact) mass is 405 g/mol. The molecular formula is C24H24FN3O2. The average molecular weight is 405 g/mol. The Morgan fingerprint density at radius 3 is 2.90 bits per heavy atom. The van der Waals surface area contributed by atoms with E-state index in [1.807, 2.05) is 42.2 Å². The van der Waals surface area contributed by atoms with Crippen molar-refractivity contribution in [3.8, 4) is 11.3 Å². The second kappa shape index (κ2) is 7.36. The summed E-state index contributed by atoms with van der Waals surface area (Å²) in [6.07, 6.45) is 2.98. The van der Waals surface area contributed by atoms with E-state index in [2.05, 4.69) is 9.55 Å². The standard InChI is InChI=1S/C24H24FN3O2/c1-17-5-2-3-6-18(17)12-23(29)27-10-9-24(15-27)16-28-21(13-26-22(28)14-30-24)19-7-4-8-20(25)11-19/h2-8,11,13H,9-10,12,14-16H2,1H3. The van der Waals surface area contributed by atoms with Gasteiger partial charge in [0.05, 0.1) is 31.4 Å². The van der Waals surface area contributed by atoms with Crippen LogP contribution in [0.1, 0.15) is 23.4 Å². The molecule has 30 heavy (non-hydrogen) atoms. The van der Waals surface area contributed by atoms with Gasteiger partial charge >= 0.3 is 0 Å². The number of aromatic nitrogens is 2. The molecule has 0 N–H and O–H groups in total. The molecule has 6 heteroatoms. The van der Waals surface area contributed by atoms with E-state index in [9.17, 15) is 9.18 Å². The lowest BCUT2D eigenvalue weighted by Crippen LogP contribution is -2.45. The Hall–Kier alpha value is -2.99. The molecule has 1 spiro atoms. The summed E-state index contributed by atoms with van der Waals surface area (Å²) >= 11 is 0. The highest BCUT2D eigenvalue weighted by Crippen LogP contribution is 2.35. The third-order valence-corrected chi connectivity index (χ3v) is 6.28. The zero-order valence-electron chi connectivity index (χ0n) is 17.0. The van der Waals surface area contributed by atoms with Gasteiger partial charge in [-0.05, 0) is 36.6 Å². The molecule has 5 rings (SSSR count). The number of likely N-dealkylation sites (tertiary alicyclic amines) is 1. The van der Waals surface area contributed by atoms with Crippen LogP contribution in [0.25, 0.3) is 11.3 Å². The number of aryl methyl sites for hydroxylation is 1. The van der Waals surface area contributed by atoms with Gasteiger partial charge in [0.15, 0.2) is 0 Å². The van der Waals surface area contributed by atoms with Crippen LogP contribution >= 0.6 is 0 Å². The summed E-state index contributed by atoms with van der Waals surface area (Å²) in [4.78, 5) is 19.3. The minimum absolute atomic E-state index is 0.131. The maximum atomic E-state index is 13.7. The Morgan fingerprint density at radius 1 is 1.20 bits per heavy atom. The number of benzene rings is 2. The Balaban J connectivity index is 1.34. The summed E-state index contributed by atoms with van der Waals surface area (Å²) < 4.78 is 22.1. The number of rotatable bonds is 3. The van der Waals surface area contributed by atoms with Crippen molar-refractivity contribution in [3.63, 3.8) is 0 Å². The van der Waals surface area contributed by atoms with Crippen LogP contribution in [-0.4, -0.2) is 39.0 Å². The van der Waals surface area contributed by atoms with Gasteiger partial charge in [-0.3, -0.25) is 4.79 Å². The third kappa shape index (κ3) is 3.41. The lowest BCUT2D eigenvalue weighted by Gasteiger charge is -2.35. The van der Waals surface area contributed by atoms with Gasteiger partial charge in [0.2, 0.25) is 5.91 Å². The molecule has 2 aromatic carbocycles. The molecule has 1 fully saturated rings. The van der Waals surface area contributed by atoms with Gasteiger partial charge < -0.3 is 14.2 Å². The van der Waals surface area contributed by atoms with Crippen molar-refractivity contribution in [2.75, 3.05) is 13.1 Å². The summed E-state index contributed by atoms with van der Waals surface area (Å²) in [5, 5.41) is 0. The molecule has 2 aliphatic rings. The number of halogens is 1. The highest BCUT2D eigenvalue weighted by atomic mass is 19.1. The van der Waals surface area contributed by atoms with Crippen LogP contribution in [0.4, 0.5) is 4.39 Å². The van der Waals surface area contributed by atoms with Crippen LogP contribution in [-0.2, 0) is 29.1 Å².